The normalized spacial score (nSPS) is 9.83. The lowest BCUT2D eigenvalue weighted by molar-refractivity contribution is 0.292. The Balaban J connectivity index is 2.46. The number of anilines is 1. The summed E-state index contributed by atoms with van der Waals surface area (Å²) >= 11 is 3.30. The molecule has 4 nitrogen and oxygen atoms in total. The third-order valence-electron chi connectivity index (χ3n) is 1.29. The Hall–Kier alpha value is -0.680. The first-order chi connectivity index (χ1) is 5.84. The minimum Gasteiger partial charge on any atom is -0.396 e. The van der Waals surface area contributed by atoms with Gasteiger partial charge in [-0.15, -0.1) is 0 Å². The number of aliphatic hydroxyl groups is 1. The predicted octanol–water partition coefficient (Wildman–Crippen LogP) is 1.03. The lowest BCUT2D eigenvalue weighted by Crippen LogP contribution is -2.05. The van der Waals surface area contributed by atoms with Crippen molar-refractivity contribution in [2.24, 2.45) is 0 Å². The quantitative estimate of drug-likeness (QED) is 0.761. The van der Waals surface area contributed by atoms with E-state index in [1.54, 1.807) is 6.20 Å². The van der Waals surface area contributed by atoms with Gasteiger partial charge in [0.2, 0.25) is 0 Å². The zero-order valence-electron chi connectivity index (χ0n) is 6.50. The van der Waals surface area contributed by atoms with Crippen LogP contribution in [-0.2, 0) is 0 Å². The molecule has 5 heteroatoms. The van der Waals surface area contributed by atoms with E-state index in [1.165, 1.54) is 6.33 Å². The summed E-state index contributed by atoms with van der Waals surface area (Å²) in [5, 5.41) is 11.6. The van der Waals surface area contributed by atoms with Crippen molar-refractivity contribution in [3.8, 4) is 0 Å². The first kappa shape index (κ1) is 9.41. The molecule has 2 N–H and O–H groups in total. The maximum absolute atomic E-state index is 8.53. The lowest BCUT2D eigenvalue weighted by atomic mass is 10.4. The van der Waals surface area contributed by atoms with Crippen LogP contribution in [0.1, 0.15) is 6.42 Å². The molecule has 1 heterocycles. The van der Waals surface area contributed by atoms with E-state index in [0.717, 1.165) is 16.7 Å². The Labute approximate surface area is 79.2 Å². The molecule has 1 aromatic rings. The highest BCUT2D eigenvalue weighted by Gasteiger charge is 1.97. The Morgan fingerprint density at radius 2 is 2.42 bits per heavy atom. The summed E-state index contributed by atoms with van der Waals surface area (Å²) in [6.07, 6.45) is 3.87. The van der Waals surface area contributed by atoms with Gasteiger partial charge in [-0.05, 0) is 22.4 Å². The van der Waals surface area contributed by atoms with Crippen LogP contribution < -0.4 is 5.32 Å². The van der Waals surface area contributed by atoms with Crippen molar-refractivity contribution >= 4 is 21.7 Å². The highest BCUT2D eigenvalue weighted by molar-refractivity contribution is 9.10. The number of halogens is 1. The summed E-state index contributed by atoms with van der Waals surface area (Å²) in [6, 6.07) is 0. The molecule has 1 aromatic heterocycles. The van der Waals surface area contributed by atoms with Crippen LogP contribution in [0.3, 0.4) is 0 Å². The minimum absolute atomic E-state index is 0.190. The van der Waals surface area contributed by atoms with Crippen LogP contribution in [0, 0.1) is 0 Å². The Morgan fingerprint density at radius 3 is 3.08 bits per heavy atom. The van der Waals surface area contributed by atoms with Crippen molar-refractivity contribution in [1.82, 2.24) is 9.97 Å². The third kappa shape index (κ3) is 2.75. The number of aromatic nitrogens is 2. The van der Waals surface area contributed by atoms with E-state index in [4.69, 9.17) is 5.11 Å². The fraction of sp³-hybridized carbons (Fsp3) is 0.429. The fourth-order valence-electron chi connectivity index (χ4n) is 0.729. The largest absolute Gasteiger partial charge is 0.396 e. The molecule has 0 amide bonds. The highest BCUT2D eigenvalue weighted by atomic mass is 79.9. The van der Waals surface area contributed by atoms with E-state index < -0.39 is 0 Å². The van der Waals surface area contributed by atoms with E-state index in [0.29, 0.717) is 6.54 Å². The lowest BCUT2D eigenvalue weighted by Gasteiger charge is -2.04. The van der Waals surface area contributed by atoms with E-state index in [1.807, 2.05) is 0 Å². The molecule has 0 saturated heterocycles. The summed E-state index contributed by atoms with van der Waals surface area (Å²) in [6.45, 7) is 0.905. The molecule has 66 valence electrons. The zero-order valence-corrected chi connectivity index (χ0v) is 8.08. The van der Waals surface area contributed by atoms with Crippen LogP contribution in [0.25, 0.3) is 0 Å². The summed E-state index contributed by atoms with van der Waals surface area (Å²) in [7, 11) is 0. The number of rotatable bonds is 4. The fourth-order valence-corrected chi connectivity index (χ4v) is 1.09. The molecular weight excluding hydrogens is 222 g/mol. The van der Waals surface area contributed by atoms with Crippen molar-refractivity contribution in [2.45, 2.75) is 6.42 Å². The average Bonchev–Trinajstić information content (AvgIpc) is 2.09. The number of aliphatic hydroxyl groups excluding tert-OH is 1. The second-order valence-electron chi connectivity index (χ2n) is 2.22. The van der Waals surface area contributed by atoms with Gasteiger partial charge in [-0.1, -0.05) is 0 Å². The predicted molar refractivity (Wildman–Crippen MR) is 49.9 cm³/mol. The molecule has 0 spiro atoms. The van der Waals surface area contributed by atoms with Gasteiger partial charge in [-0.25, -0.2) is 9.97 Å². The summed E-state index contributed by atoms with van der Waals surface area (Å²) < 4.78 is 0.836. The number of nitrogens with one attached hydrogen (secondary N) is 1. The monoisotopic (exact) mass is 231 g/mol. The number of hydrogen-bond acceptors (Lipinski definition) is 4. The average molecular weight is 232 g/mol. The van der Waals surface area contributed by atoms with Crippen LogP contribution in [0.15, 0.2) is 17.0 Å². The van der Waals surface area contributed by atoms with Gasteiger partial charge in [0.15, 0.2) is 0 Å². The number of hydrogen-bond donors (Lipinski definition) is 2. The molecule has 0 aliphatic rings. The van der Waals surface area contributed by atoms with E-state index >= 15 is 0 Å². The Kier molecular flexibility index (Phi) is 3.96. The molecule has 0 bridgehead atoms. The van der Waals surface area contributed by atoms with Crippen LogP contribution in [0.2, 0.25) is 0 Å². The van der Waals surface area contributed by atoms with E-state index in [2.05, 4.69) is 31.2 Å². The second-order valence-corrected chi connectivity index (χ2v) is 3.08. The SMILES string of the molecule is OCCCNc1ncncc1Br. The molecule has 1 rings (SSSR count). The van der Waals surface area contributed by atoms with Crippen molar-refractivity contribution < 1.29 is 5.11 Å². The van der Waals surface area contributed by atoms with Gasteiger partial charge >= 0.3 is 0 Å². The molecule has 0 saturated carbocycles. The van der Waals surface area contributed by atoms with Gasteiger partial charge in [-0.2, -0.15) is 0 Å². The van der Waals surface area contributed by atoms with Gasteiger partial charge in [0.25, 0.3) is 0 Å². The summed E-state index contributed by atoms with van der Waals surface area (Å²) in [5.74, 6) is 0.762. The van der Waals surface area contributed by atoms with Crippen molar-refractivity contribution in [1.29, 1.82) is 0 Å². The zero-order chi connectivity index (χ0) is 8.81. The molecule has 0 fully saturated rings. The Morgan fingerprint density at radius 1 is 1.58 bits per heavy atom. The molecule has 0 aliphatic carbocycles. The molecule has 0 radical (unpaired) electrons. The first-order valence-electron chi connectivity index (χ1n) is 3.65. The summed E-state index contributed by atoms with van der Waals surface area (Å²) in [4.78, 5) is 7.83. The van der Waals surface area contributed by atoms with Crippen LogP contribution in [0.5, 0.6) is 0 Å². The van der Waals surface area contributed by atoms with E-state index in [-0.39, 0.29) is 6.61 Å². The minimum atomic E-state index is 0.190. The van der Waals surface area contributed by atoms with Crippen LogP contribution >= 0.6 is 15.9 Å². The van der Waals surface area contributed by atoms with Gasteiger partial charge in [0.05, 0.1) is 4.47 Å². The van der Waals surface area contributed by atoms with Crippen molar-refractivity contribution in [3.05, 3.63) is 17.0 Å². The van der Waals surface area contributed by atoms with E-state index in [9.17, 15) is 0 Å². The van der Waals surface area contributed by atoms with Crippen LogP contribution in [-0.4, -0.2) is 28.2 Å². The van der Waals surface area contributed by atoms with Gasteiger partial charge in [-0.3, -0.25) is 0 Å². The molecular formula is C7H10BrN3O. The third-order valence-corrected chi connectivity index (χ3v) is 1.88. The molecule has 12 heavy (non-hydrogen) atoms. The van der Waals surface area contributed by atoms with Crippen molar-refractivity contribution in [3.63, 3.8) is 0 Å². The topological polar surface area (TPSA) is 58.0 Å². The maximum atomic E-state index is 8.53. The second kappa shape index (κ2) is 5.05. The standard InChI is InChI=1S/C7H10BrN3O/c8-6-4-9-5-11-7(6)10-2-1-3-12/h4-5,12H,1-3H2,(H,9,10,11). The molecule has 0 unspecified atom stereocenters. The Bertz CT molecular complexity index is 244. The van der Waals surface area contributed by atoms with Crippen LogP contribution in [0.4, 0.5) is 5.82 Å². The van der Waals surface area contributed by atoms with Gasteiger partial charge < -0.3 is 10.4 Å². The molecule has 0 aliphatic heterocycles. The van der Waals surface area contributed by atoms with Gasteiger partial charge in [0.1, 0.15) is 12.1 Å². The molecule has 0 atom stereocenters. The smallest absolute Gasteiger partial charge is 0.143 e. The summed E-state index contributed by atoms with van der Waals surface area (Å²) in [5.41, 5.74) is 0. The number of nitrogens with zero attached hydrogens (tertiary/aromatic N) is 2. The molecule has 0 aromatic carbocycles. The van der Waals surface area contributed by atoms with Gasteiger partial charge in [0, 0.05) is 19.3 Å². The first-order valence-corrected chi connectivity index (χ1v) is 4.44. The maximum Gasteiger partial charge on any atom is 0.143 e. The highest BCUT2D eigenvalue weighted by Crippen LogP contribution is 2.16. The van der Waals surface area contributed by atoms with Crippen molar-refractivity contribution in [2.75, 3.05) is 18.5 Å².